The van der Waals surface area contributed by atoms with Crippen molar-refractivity contribution in [1.82, 2.24) is 29.8 Å². The molecule has 7 heteroatoms. The minimum atomic E-state index is 0.654. The molecule has 0 atom stereocenters. The monoisotopic (exact) mass is 269 g/mol. The van der Waals surface area contributed by atoms with E-state index in [4.69, 9.17) is 0 Å². The van der Waals surface area contributed by atoms with Crippen molar-refractivity contribution in [2.45, 2.75) is 13.0 Å². The van der Waals surface area contributed by atoms with Crippen LogP contribution in [0.15, 0.2) is 49.1 Å². The SMILES string of the molecule is c1ccc(-n2nnnc2NCCCn2ccnc2)cc1. The zero-order chi connectivity index (χ0) is 13.6. The first-order chi connectivity index (χ1) is 9.93. The van der Waals surface area contributed by atoms with E-state index >= 15 is 0 Å². The molecule has 3 rings (SSSR count). The van der Waals surface area contributed by atoms with Crippen LogP contribution in [0.4, 0.5) is 5.95 Å². The number of hydrogen-bond donors (Lipinski definition) is 1. The second-order valence-corrected chi connectivity index (χ2v) is 4.33. The highest BCUT2D eigenvalue weighted by atomic mass is 15.6. The molecule has 0 saturated heterocycles. The minimum Gasteiger partial charge on any atom is -0.353 e. The second kappa shape index (κ2) is 5.96. The van der Waals surface area contributed by atoms with Crippen LogP contribution in [0.25, 0.3) is 5.69 Å². The van der Waals surface area contributed by atoms with Crippen molar-refractivity contribution in [1.29, 1.82) is 0 Å². The predicted molar refractivity (Wildman–Crippen MR) is 74.5 cm³/mol. The van der Waals surface area contributed by atoms with Gasteiger partial charge in [0.2, 0.25) is 5.95 Å². The van der Waals surface area contributed by atoms with Crippen molar-refractivity contribution in [2.24, 2.45) is 0 Å². The largest absolute Gasteiger partial charge is 0.353 e. The fourth-order valence-corrected chi connectivity index (χ4v) is 1.92. The Hall–Kier alpha value is -2.70. The lowest BCUT2D eigenvalue weighted by Gasteiger charge is -2.07. The maximum absolute atomic E-state index is 4.01. The molecule has 0 amide bonds. The number of imidazole rings is 1. The van der Waals surface area contributed by atoms with Gasteiger partial charge in [0, 0.05) is 25.5 Å². The van der Waals surface area contributed by atoms with Crippen molar-refractivity contribution < 1.29 is 0 Å². The first kappa shape index (κ1) is 12.3. The molecule has 2 aromatic heterocycles. The van der Waals surface area contributed by atoms with Gasteiger partial charge in [0.05, 0.1) is 12.0 Å². The number of hydrogen-bond acceptors (Lipinski definition) is 5. The van der Waals surface area contributed by atoms with Crippen LogP contribution in [-0.4, -0.2) is 36.3 Å². The molecule has 0 unspecified atom stereocenters. The molecule has 102 valence electrons. The van der Waals surface area contributed by atoms with Crippen LogP contribution < -0.4 is 5.32 Å². The molecule has 20 heavy (non-hydrogen) atoms. The molecule has 0 aliphatic heterocycles. The molecule has 0 saturated carbocycles. The molecular weight excluding hydrogens is 254 g/mol. The summed E-state index contributed by atoms with van der Waals surface area (Å²) in [5, 5.41) is 15.0. The number of aryl methyl sites for hydroxylation is 1. The van der Waals surface area contributed by atoms with Crippen molar-refractivity contribution in [2.75, 3.05) is 11.9 Å². The lowest BCUT2D eigenvalue weighted by Crippen LogP contribution is -2.10. The Balaban J connectivity index is 1.57. The van der Waals surface area contributed by atoms with Crippen molar-refractivity contribution >= 4 is 5.95 Å². The topological polar surface area (TPSA) is 73.5 Å². The van der Waals surface area contributed by atoms with E-state index in [-0.39, 0.29) is 0 Å². The molecule has 1 aromatic carbocycles. The number of anilines is 1. The van der Waals surface area contributed by atoms with Gasteiger partial charge in [-0.05, 0) is 29.0 Å². The zero-order valence-corrected chi connectivity index (χ0v) is 10.9. The summed E-state index contributed by atoms with van der Waals surface area (Å²) in [5.41, 5.74) is 0.939. The van der Waals surface area contributed by atoms with E-state index in [2.05, 4.69) is 25.8 Å². The molecule has 0 bridgehead atoms. The second-order valence-electron chi connectivity index (χ2n) is 4.33. The summed E-state index contributed by atoms with van der Waals surface area (Å²) in [4.78, 5) is 4.01. The van der Waals surface area contributed by atoms with Crippen LogP contribution in [0.3, 0.4) is 0 Å². The Morgan fingerprint density at radius 3 is 2.85 bits per heavy atom. The number of nitrogens with one attached hydrogen (secondary N) is 1. The first-order valence-electron chi connectivity index (χ1n) is 6.47. The molecule has 0 aliphatic rings. The number of rotatable bonds is 6. The lowest BCUT2D eigenvalue weighted by molar-refractivity contribution is 0.658. The molecule has 0 fully saturated rings. The Bertz CT molecular complexity index is 630. The quantitative estimate of drug-likeness (QED) is 0.684. The fraction of sp³-hybridized carbons (Fsp3) is 0.231. The number of tetrazole rings is 1. The molecule has 1 N–H and O–H groups in total. The third-order valence-electron chi connectivity index (χ3n) is 2.91. The maximum atomic E-state index is 4.01. The highest BCUT2D eigenvalue weighted by molar-refractivity contribution is 5.38. The summed E-state index contributed by atoms with van der Waals surface area (Å²) < 4.78 is 3.74. The van der Waals surface area contributed by atoms with E-state index in [1.165, 1.54) is 0 Å². The van der Waals surface area contributed by atoms with Crippen molar-refractivity contribution in [3.63, 3.8) is 0 Å². The van der Waals surface area contributed by atoms with Gasteiger partial charge in [0.25, 0.3) is 0 Å². The third-order valence-corrected chi connectivity index (χ3v) is 2.91. The number of para-hydroxylation sites is 1. The van der Waals surface area contributed by atoms with Gasteiger partial charge in [0.1, 0.15) is 0 Å². The highest BCUT2D eigenvalue weighted by Gasteiger charge is 2.06. The van der Waals surface area contributed by atoms with Crippen LogP contribution in [0.1, 0.15) is 6.42 Å². The van der Waals surface area contributed by atoms with Gasteiger partial charge in [-0.2, -0.15) is 4.68 Å². The number of aromatic nitrogens is 6. The molecule has 0 aliphatic carbocycles. The molecule has 3 aromatic rings. The Labute approximate surface area is 116 Å². The van der Waals surface area contributed by atoms with E-state index in [1.54, 1.807) is 10.9 Å². The van der Waals surface area contributed by atoms with Crippen LogP contribution in [0.5, 0.6) is 0 Å². The van der Waals surface area contributed by atoms with E-state index in [1.807, 2.05) is 47.4 Å². The van der Waals surface area contributed by atoms with E-state index in [0.717, 1.165) is 25.2 Å². The first-order valence-corrected chi connectivity index (χ1v) is 6.47. The molecular formula is C13H15N7. The van der Waals surface area contributed by atoms with Crippen LogP contribution >= 0.6 is 0 Å². The van der Waals surface area contributed by atoms with Crippen LogP contribution in [0, 0.1) is 0 Å². The standard InChI is InChI=1S/C13H15N7/c1-2-5-12(6-3-1)20-13(16-17-18-20)15-7-4-9-19-10-8-14-11-19/h1-3,5-6,8,10-11H,4,7,9H2,(H,15,16,18). The van der Waals surface area contributed by atoms with Gasteiger partial charge in [-0.25, -0.2) is 4.98 Å². The summed E-state index contributed by atoms with van der Waals surface area (Å²) in [5.74, 6) is 0.654. The Morgan fingerprint density at radius 1 is 1.15 bits per heavy atom. The summed E-state index contributed by atoms with van der Waals surface area (Å²) in [6.07, 6.45) is 6.52. The van der Waals surface area contributed by atoms with Crippen molar-refractivity contribution in [3.8, 4) is 5.69 Å². The van der Waals surface area contributed by atoms with Gasteiger partial charge < -0.3 is 9.88 Å². The van der Waals surface area contributed by atoms with Crippen LogP contribution in [-0.2, 0) is 6.54 Å². The molecule has 0 spiro atoms. The molecule has 2 heterocycles. The van der Waals surface area contributed by atoms with E-state index < -0.39 is 0 Å². The maximum Gasteiger partial charge on any atom is 0.247 e. The zero-order valence-electron chi connectivity index (χ0n) is 10.9. The fourth-order valence-electron chi connectivity index (χ4n) is 1.92. The summed E-state index contributed by atoms with van der Waals surface area (Å²) in [6, 6.07) is 9.81. The number of benzene rings is 1. The highest BCUT2D eigenvalue weighted by Crippen LogP contribution is 2.10. The summed E-state index contributed by atoms with van der Waals surface area (Å²) in [7, 11) is 0. The summed E-state index contributed by atoms with van der Waals surface area (Å²) in [6.45, 7) is 1.71. The normalized spacial score (nSPS) is 10.6. The average Bonchev–Trinajstić information content (AvgIpc) is 3.16. The number of nitrogens with zero attached hydrogens (tertiary/aromatic N) is 6. The van der Waals surface area contributed by atoms with Gasteiger partial charge >= 0.3 is 0 Å². The molecule has 0 radical (unpaired) electrons. The summed E-state index contributed by atoms with van der Waals surface area (Å²) >= 11 is 0. The minimum absolute atomic E-state index is 0.654. The molecule has 7 nitrogen and oxygen atoms in total. The lowest BCUT2D eigenvalue weighted by atomic mass is 10.3. The Kier molecular flexibility index (Phi) is 3.68. The predicted octanol–water partition coefficient (Wildman–Crippen LogP) is 1.36. The van der Waals surface area contributed by atoms with Gasteiger partial charge in [0.15, 0.2) is 0 Å². The van der Waals surface area contributed by atoms with Gasteiger partial charge in [-0.3, -0.25) is 0 Å². The Morgan fingerprint density at radius 2 is 2.05 bits per heavy atom. The smallest absolute Gasteiger partial charge is 0.247 e. The average molecular weight is 269 g/mol. The van der Waals surface area contributed by atoms with Crippen molar-refractivity contribution in [3.05, 3.63) is 49.1 Å². The van der Waals surface area contributed by atoms with E-state index in [0.29, 0.717) is 5.95 Å². The van der Waals surface area contributed by atoms with E-state index in [9.17, 15) is 0 Å². The van der Waals surface area contributed by atoms with Crippen LogP contribution in [0.2, 0.25) is 0 Å². The third kappa shape index (κ3) is 2.82. The van der Waals surface area contributed by atoms with Gasteiger partial charge in [-0.15, -0.1) is 0 Å². The van der Waals surface area contributed by atoms with Gasteiger partial charge in [-0.1, -0.05) is 23.3 Å².